The second-order valence-corrected chi connectivity index (χ2v) is 8.23. The molecule has 1 saturated heterocycles. The molecule has 0 bridgehead atoms. The molecule has 7 nitrogen and oxygen atoms in total. The van der Waals surface area contributed by atoms with Crippen molar-refractivity contribution in [2.75, 3.05) is 19.6 Å². The zero-order valence-electron chi connectivity index (χ0n) is 16.9. The van der Waals surface area contributed by atoms with Gasteiger partial charge in [0.1, 0.15) is 0 Å². The van der Waals surface area contributed by atoms with Gasteiger partial charge in [-0.25, -0.2) is 4.52 Å². The van der Waals surface area contributed by atoms with E-state index in [9.17, 15) is 9.59 Å². The SMILES string of the molecule is O=C(NCC1CC1)c1cncc(-c2cccc3c(C(=O)N4CCCCC4)cnn23)c1. The lowest BCUT2D eigenvalue weighted by molar-refractivity contribution is 0.0726. The topological polar surface area (TPSA) is 79.6 Å². The average molecular weight is 403 g/mol. The summed E-state index contributed by atoms with van der Waals surface area (Å²) in [6, 6.07) is 7.59. The van der Waals surface area contributed by atoms with Crippen molar-refractivity contribution in [3.05, 3.63) is 54.0 Å². The second kappa shape index (κ2) is 7.89. The molecular formula is C23H25N5O2. The minimum absolute atomic E-state index is 0.0354. The largest absolute Gasteiger partial charge is 0.352 e. The number of fused-ring (bicyclic) bond motifs is 1. The van der Waals surface area contributed by atoms with Crippen molar-refractivity contribution >= 4 is 17.3 Å². The summed E-state index contributed by atoms with van der Waals surface area (Å²) in [5, 5.41) is 7.47. The summed E-state index contributed by atoms with van der Waals surface area (Å²) in [6.07, 6.45) is 10.6. The summed E-state index contributed by atoms with van der Waals surface area (Å²) in [6.45, 7) is 2.33. The number of nitrogens with zero attached hydrogens (tertiary/aromatic N) is 4. The first-order chi connectivity index (χ1) is 14.7. The van der Waals surface area contributed by atoms with Gasteiger partial charge in [0, 0.05) is 37.6 Å². The Kier molecular flexibility index (Phi) is 4.94. The molecule has 1 N–H and O–H groups in total. The van der Waals surface area contributed by atoms with Crippen molar-refractivity contribution in [1.29, 1.82) is 0 Å². The second-order valence-electron chi connectivity index (χ2n) is 8.23. The number of likely N-dealkylation sites (tertiary alicyclic amines) is 1. The van der Waals surface area contributed by atoms with Crippen LogP contribution in [0.2, 0.25) is 0 Å². The van der Waals surface area contributed by atoms with E-state index in [1.54, 1.807) is 23.1 Å². The van der Waals surface area contributed by atoms with Crippen LogP contribution in [-0.4, -0.2) is 50.9 Å². The summed E-state index contributed by atoms with van der Waals surface area (Å²) in [5.41, 5.74) is 3.51. The summed E-state index contributed by atoms with van der Waals surface area (Å²) >= 11 is 0. The number of hydrogen-bond donors (Lipinski definition) is 1. The Morgan fingerprint density at radius 1 is 1.07 bits per heavy atom. The molecule has 0 aromatic carbocycles. The Hall–Kier alpha value is -3.22. The maximum absolute atomic E-state index is 13.0. The van der Waals surface area contributed by atoms with Crippen molar-refractivity contribution in [2.24, 2.45) is 5.92 Å². The minimum Gasteiger partial charge on any atom is -0.352 e. The maximum atomic E-state index is 13.0. The molecule has 2 aliphatic rings. The molecule has 30 heavy (non-hydrogen) atoms. The van der Waals surface area contributed by atoms with Crippen LogP contribution in [0.25, 0.3) is 16.8 Å². The van der Waals surface area contributed by atoms with Gasteiger partial charge in [0.05, 0.1) is 28.5 Å². The van der Waals surface area contributed by atoms with Crippen LogP contribution in [-0.2, 0) is 0 Å². The first-order valence-corrected chi connectivity index (χ1v) is 10.7. The Balaban J connectivity index is 1.45. The number of rotatable bonds is 5. The summed E-state index contributed by atoms with van der Waals surface area (Å²) < 4.78 is 1.76. The van der Waals surface area contributed by atoms with Crippen LogP contribution in [0, 0.1) is 5.92 Å². The van der Waals surface area contributed by atoms with Gasteiger partial charge in [0.25, 0.3) is 11.8 Å². The average Bonchev–Trinajstić information content (AvgIpc) is 3.54. The van der Waals surface area contributed by atoms with Gasteiger partial charge < -0.3 is 10.2 Å². The van der Waals surface area contributed by atoms with Crippen LogP contribution in [0.1, 0.15) is 52.8 Å². The molecule has 1 saturated carbocycles. The van der Waals surface area contributed by atoms with E-state index in [2.05, 4.69) is 15.4 Å². The van der Waals surface area contributed by atoms with E-state index in [1.807, 2.05) is 29.2 Å². The minimum atomic E-state index is -0.107. The highest BCUT2D eigenvalue weighted by Crippen LogP contribution is 2.28. The summed E-state index contributed by atoms with van der Waals surface area (Å²) in [5.74, 6) is 0.553. The molecule has 2 fully saturated rings. The molecule has 0 spiro atoms. The van der Waals surface area contributed by atoms with Gasteiger partial charge >= 0.3 is 0 Å². The Labute approximate surface area is 175 Å². The number of carbonyl (C=O) groups is 2. The summed E-state index contributed by atoms with van der Waals surface area (Å²) in [7, 11) is 0. The van der Waals surface area contributed by atoms with Gasteiger partial charge in [-0.05, 0) is 56.2 Å². The number of hydrogen-bond acceptors (Lipinski definition) is 4. The van der Waals surface area contributed by atoms with Gasteiger partial charge in [-0.1, -0.05) is 6.07 Å². The number of piperidine rings is 1. The number of pyridine rings is 2. The molecule has 1 aliphatic carbocycles. The molecule has 4 heterocycles. The number of nitrogens with one attached hydrogen (secondary N) is 1. The summed E-state index contributed by atoms with van der Waals surface area (Å²) in [4.78, 5) is 31.7. The van der Waals surface area contributed by atoms with E-state index >= 15 is 0 Å². The van der Waals surface area contributed by atoms with Crippen LogP contribution in [0.4, 0.5) is 0 Å². The zero-order chi connectivity index (χ0) is 20.5. The molecule has 3 aromatic rings. The first kappa shape index (κ1) is 18.8. The number of aromatic nitrogens is 3. The van der Waals surface area contributed by atoms with Gasteiger partial charge in [-0.3, -0.25) is 14.6 Å². The Bertz CT molecular complexity index is 1100. The lowest BCUT2D eigenvalue weighted by atomic mass is 10.1. The Morgan fingerprint density at radius 2 is 1.90 bits per heavy atom. The van der Waals surface area contributed by atoms with Gasteiger partial charge in [-0.2, -0.15) is 5.10 Å². The molecule has 7 heteroatoms. The zero-order valence-corrected chi connectivity index (χ0v) is 16.9. The molecule has 0 radical (unpaired) electrons. The standard InChI is InChI=1S/C23H25N5O2/c29-22(25-12-16-7-8-16)18-11-17(13-24-14-18)20-5-4-6-21-19(15-26-28(20)21)23(30)27-9-2-1-3-10-27/h4-6,11,13-16H,1-3,7-10,12H2,(H,25,29). The van der Waals surface area contributed by atoms with Crippen molar-refractivity contribution in [1.82, 2.24) is 24.8 Å². The molecule has 0 unspecified atom stereocenters. The fraction of sp³-hybridized carbons (Fsp3) is 0.391. The molecular weight excluding hydrogens is 378 g/mol. The predicted octanol–water partition coefficient (Wildman–Crippen LogP) is 3.16. The molecule has 5 rings (SSSR count). The smallest absolute Gasteiger partial charge is 0.257 e. The van der Waals surface area contributed by atoms with Crippen LogP contribution in [0.3, 0.4) is 0 Å². The highest BCUT2D eigenvalue weighted by molar-refractivity contribution is 6.01. The lowest BCUT2D eigenvalue weighted by Crippen LogP contribution is -2.35. The van der Waals surface area contributed by atoms with Crippen LogP contribution in [0.5, 0.6) is 0 Å². The van der Waals surface area contributed by atoms with E-state index in [0.717, 1.165) is 49.2 Å². The van der Waals surface area contributed by atoms with E-state index in [1.165, 1.54) is 19.3 Å². The van der Waals surface area contributed by atoms with Crippen molar-refractivity contribution in [3.63, 3.8) is 0 Å². The fourth-order valence-corrected chi connectivity index (χ4v) is 4.03. The lowest BCUT2D eigenvalue weighted by Gasteiger charge is -2.26. The first-order valence-electron chi connectivity index (χ1n) is 10.7. The van der Waals surface area contributed by atoms with Crippen LogP contribution >= 0.6 is 0 Å². The molecule has 154 valence electrons. The Morgan fingerprint density at radius 3 is 2.70 bits per heavy atom. The molecule has 1 aliphatic heterocycles. The highest BCUT2D eigenvalue weighted by atomic mass is 16.2. The number of carbonyl (C=O) groups excluding carboxylic acids is 2. The van der Waals surface area contributed by atoms with Crippen molar-refractivity contribution in [3.8, 4) is 11.3 Å². The van der Waals surface area contributed by atoms with E-state index in [0.29, 0.717) is 17.0 Å². The maximum Gasteiger partial charge on any atom is 0.257 e. The number of amides is 2. The van der Waals surface area contributed by atoms with Gasteiger partial charge in [0.2, 0.25) is 0 Å². The van der Waals surface area contributed by atoms with E-state index < -0.39 is 0 Å². The van der Waals surface area contributed by atoms with E-state index in [4.69, 9.17) is 0 Å². The van der Waals surface area contributed by atoms with Crippen molar-refractivity contribution in [2.45, 2.75) is 32.1 Å². The predicted molar refractivity (Wildman–Crippen MR) is 113 cm³/mol. The fourth-order valence-electron chi connectivity index (χ4n) is 4.03. The third-order valence-corrected chi connectivity index (χ3v) is 5.96. The third kappa shape index (κ3) is 3.67. The van der Waals surface area contributed by atoms with Crippen LogP contribution in [0.15, 0.2) is 42.9 Å². The highest BCUT2D eigenvalue weighted by Gasteiger charge is 2.23. The molecule has 2 amide bonds. The normalized spacial score (nSPS) is 16.6. The van der Waals surface area contributed by atoms with Crippen LogP contribution < -0.4 is 5.32 Å². The van der Waals surface area contributed by atoms with Gasteiger partial charge in [-0.15, -0.1) is 0 Å². The monoisotopic (exact) mass is 403 g/mol. The van der Waals surface area contributed by atoms with Crippen molar-refractivity contribution < 1.29 is 9.59 Å². The van der Waals surface area contributed by atoms with E-state index in [-0.39, 0.29) is 11.8 Å². The molecule has 0 atom stereocenters. The third-order valence-electron chi connectivity index (χ3n) is 5.96. The quantitative estimate of drug-likeness (QED) is 0.710. The van der Waals surface area contributed by atoms with Gasteiger partial charge in [0.15, 0.2) is 0 Å². The molecule has 3 aromatic heterocycles.